The van der Waals surface area contributed by atoms with E-state index >= 15 is 13.2 Å². The molecule has 2 heterocycles. The van der Waals surface area contributed by atoms with Crippen LogP contribution in [0, 0.1) is 61.2 Å². The number of fused-ring (bicyclic) bond motifs is 10. The number of alkyl halides is 3. The highest BCUT2D eigenvalue weighted by molar-refractivity contribution is 6.24. The van der Waals surface area contributed by atoms with E-state index in [9.17, 15) is 19.2 Å². The van der Waals surface area contributed by atoms with E-state index in [2.05, 4.69) is 0 Å². The van der Waals surface area contributed by atoms with Crippen molar-refractivity contribution in [2.45, 2.75) is 45.2 Å². The van der Waals surface area contributed by atoms with Gasteiger partial charge in [0, 0.05) is 0 Å². The number of benzene rings is 2. The fraction of sp³-hybridized carbons (Fsp3) is 0.429. The van der Waals surface area contributed by atoms with Crippen LogP contribution in [0.4, 0.5) is 24.5 Å². The summed E-state index contributed by atoms with van der Waals surface area (Å²) in [6.45, 7) is 4.42. The second-order valence-electron chi connectivity index (χ2n) is 13.6. The molecule has 8 atom stereocenters. The van der Waals surface area contributed by atoms with Crippen molar-refractivity contribution in [1.29, 1.82) is 0 Å². The van der Waals surface area contributed by atoms with Crippen molar-refractivity contribution in [2.75, 3.05) is 9.80 Å². The second-order valence-corrected chi connectivity index (χ2v) is 13.6. The van der Waals surface area contributed by atoms with E-state index in [0.717, 1.165) is 29.6 Å². The number of aryl methyl sites for hydroxylation is 2. The lowest BCUT2D eigenvalue weighted by molar-refractivity contribution is -0.173. The minimum Gasteiger partial charge on any atom is -0.274 e. The zero-order chi connectivity index (χ0) is 31.0. The van der Waals surface area contributed by atoms with Crippen LogP contribution in [0.15, 0.2) is 60.7 Å². The Balaban J connectivity index is 1.21. The third-order valence-corrected chi connectivity index (χ3v) is 11.6. The molecule has 2 saturated carbocycles. The highest BCUT2D eigenvalue weighted by atomic mass is 19.4. The van der Waals surface area contributed by atoms with Gasteiger partial charge in [-0.05, 0) is 91.7 Å². The molecule has 2 aromatic rings. The van der Waals surface area contributed by atoms with Gasteiger partial charge < -0.3 is 0 Å². The number of amides is 4. The summed E-state index contributed by atoms with van der Waals surface area (Å²) in [5, 5.41) is 0. The van der Waals surface area contributed by atoms with Crippen LogP contribution in [0.25, 0.3) is 0 Å². The van der Waals surface area contributed by atoms with Crippen molar-refractivity contribution in [1.82, 2.24) is 0 Å². The molecule has 226 valence electrons. The Labute approximate surface area is 252 Å². The minimum absolute atomic E-state index is 0.0251. The monoisotopic (exact) mass is 600 g/mol. The average Bonchev–Trinajstić information content (AvgIpc) is 3.82. The molecule has 4 fully saturated rings. The first kappa shape index (κ1) is 27.5. The summed E-state index contributed by atoms with van der Waals surface area (Å²) in [6.07, 6.45) is 4.61. The van der Waals surface area contributed by atoms with E-state index in [0.29, 0.717) is 11.1 Å². The number of imide groups is 2. The van der Waals surface area contributed by atoms with Crippen molar-refractivity contribution in [3.63, 3.8) is 0 Å². The van der Waals surface area contributed by atoms with Gasteiger partial charge in [-0.15, -0.1) is 0 Å². The first-order chi connectivity index (χ1) is 20.8. The SMILES string of the molecule is Cc1ccc(C(C)(c2ccc(C)c(N3C(=O)C4C5C=CC(C5)C4C3=O)c2)C(F)(F)F)cc1N1C(=O)C2C3C=CC(C3)C2C1=O. The first-order valence-corrected chi connectivity index (χ1v) is 15.2. The molecule has 4 amide bonds. The predicted molar refractivity (Wildman–Crippen MR) is 155 cm³/mol. The third kappa shape index (κ3) is 3.33. The van der Waals surface area contributed by atoms with Gasteiger partial charge in [0.2, 0.25) is 23.6 Å². The summed E-state index contributed by atoms with van der Waals surface area (Å²) in [4.78, 5) is 56.5. The van der Waals surface area contributed by atoms with Gasteiger partial charge in [0.1, 0.15) is 5.41 Å². The largest absolute Gasteiger partial charge is 0.402 e. The number of allylic oxidation sites excluding steroid dienone is 4. The van der Waals surface area contributed by atoms with Crippen LogP contribution in [0.1, 0.15) is 42.0 Å². The fourth-order valence-electron chi connectivity index (χ4n) is 9.10. The molecule has 4 aliphatic carbocycles. The number of halogens is 3. The van der Waals surface area contributed by atoms with Gasteiger partial charge in [-0.1, -0.05) is 48.6 Å². The van der Waals surface area contributed by atoms with Crippen molar-refractivity contribution >= 4 is 35.0 Å². The normalized spacial score (nSPS) is 34.5. The van der Waals surface area contributed by atoms with Gasteiger partial charge in [-0.3, -0.25) is 19.2 Å². The standard InChI is InChI=1S/C35H31F3N2O4/c1-16-4-10-22(14-24(16)39-30(41)26-18-6-7-19(12-18)27(26)31(39)42)34(3,35(36,37)38)23-11-5-17(2)25(15-23)40-32(43)28-20-8-9-21(13-20)29(28)33(40)44/h4-11,14-15,18-21,26-29H,12-13H2,1-3H3. The summed E-state index contributed by atoms with van der Waals surface area (Å²) in [5.41, 5.74) is -1.50. The average molecular weight is 601 g/mol. The van der Waals surface area contributed by atoms with Crippen LogP contribution < -0.4 is 9.80 Å². The Hall–Kier alpha value is -4.01. The van der Waals surface area contributed by atoms with E-state index in [1.165, 1.54) is 36.4 Å². The molecule has 8 rings (SSSR count). The summed E-state index contributed by atoms with van der Waals surface area (Å²) in [5.74, 6) is -3.44. The number of hydrogen-bond donors (Lipinski definition) is 0. The Morgan fingerprint density at radius 2 is 0.909 bits per heavy atom. The number of hydrogen-bond acceptors (Lipinski definition) is 4. The summed E-state index contributed by atoms with van der Waals surface area (Å²) in [6, 6.07) is 8.42. The molecule has 0 aromatic heterocycles. The van der Waals surface area contributed by atoms with Crippen molar-refractivity contribution in [3.8, 4) is 0 Å². The fourth-order valence-corrected chi connectivity index (χ4v) is 9.10. The number of anilines is 2. The summed E-state index contributed by atoms with van der Waals surface area (Å²) < 4.78 is 45.9. The number of nitrogens with zero attached hydrogens (tertiary/aromatic N) is 2. The zero-order valence-corrected chi connectivity index (χ0v) is 24.5. The number of rotatable bonds is 4. The first-order valence-electron chi connectivity index (χ1n) is 15.2. The van der Waals surface area contributed by atoms with Crippen molar-refractivity contribution < 1.29 is 32.3 Å². The molecule has 0 N–H and O–H groups in total. The lowest BCUT2D eigenvalue weighted by Gasteiger charge is -2.35. The molecular weight excluding hydrogens is 569 g/mol. The summed E-state index contributed by atoms with van der Waals surface area (Å²) >= 11 is 0. The highest BCUT2D eigenvalue weighted by Crippen LogP contribution is 2.56. The molecular formula is C35H31F3N2O4. The van der Waals surface area contributed by atoms with Crippen molar-refractivity contribution in [3.05, 3.63) is 83.0 Å². The number of carbonyl (C=O) groups excluding carboxylic acids is 4. The molecule has 2 saturated heterocycles. The van der Waals surface area contributed by atoms with Gasteiger partial charge in [0.05, 0.1) is 35.0 Å². The van der Waals surface area contributed by atoms with Crippen LogP contribution >= 0.6 is 0 Å². The van der Waals surface area contributed by atoms with Gasteiger partial charge in [0.25, 0.3) is 0 Å². The number of carbonyl (C=O) groups is 4. The Bertz CT molecular complexity index is 1580. The second kappa shape index (κ2) is 8.79. The quantitative estimate of drug-likeness (QED) is 0.329. The maximum atomic E-state index is 15.3. The summed E-state index contributed by atoms with van der Waals surface area (Å²) in [7, 11) is 0. The van der Waals surface area contributed by atoms with E-state index < -0.39 is 35.3 Å². The predicted octanol–water partition coefficient (Wildman–Crippen LogP) is 5.79. The zero-order valence-electron chi connectivity index (χ0n) is 24.5. The molecule has 6 aliphatic rings. The van der Waals surface area contributed by atoms with Crippen LogP contribution in [-0.4, -0.2) is 29.8 Å². The van der Waals surface area contributed by atoms with Crippen molar-refractivity contribution in [2.24, 2.45) is 47.3 Å². The van der Waals surface area contributed by atoms with Crippen LogP contribution in [0.2, 0.25) is 0 Å². The van der Waals surface area contributed by atoms with E-state index in [1.807, 2.05) is 24.3 Å². The Morgan fingerprint density at radius 3 is 1.20 bits per heavy atom. The molecule has 2 aliphatic heterocycles. The third-order valence-electron chi connectivity index (χ3n) is 11.6. The van der Waals surface area contributed by atoms with Crippen LogP contribution in [0.5, 0.6) is 0 Å². The Morgan fingerprint density at radius 1 is 0.591 bits per heavy atom. The molecule has 6 nitrogen and oxygen atoms in total. The van der Waals surface area contributed by atoms with E-state index in [1.54, 1.807) is 13.8 Å². The topological polar surface area (TPSA) is 74.8 Å². The molecule has 8 unspecified atom stereocenters. The molecule has 9 heteroatoms. The smallest absolute Gasteiger partial charge is 0.274 e. The lowest BCUT2D eigenvalue weighted by Crippen LogP contribution is -2.41. The molecule has 2 aromatic carbocycles. The minimum atomic E-state index is -4.80. The van der Waals surface area contributed by atoms with Gasteiger partial charge in [-0.25, -0.2) is 9.80 Å². The Kier molecular flexibility index (Phi) is 5.50. The van der Waals surface area contributed by atoms with Crippen LogP contribution in [0.3, 0.4) is 0 Å². The molecule has 0 spiro atoms. The highest BCUT2D eigenvalue weighted by Gasteiger charge is 2.62. The molecule has 4 bridgehead atoms. The van der Waals surface area contributed by atoms with Gasteiger partial charge >= 0.3 is 6.18 Å². The maximum Gasteiger partial charge on any atom is 0.402 e. The molecule has 0 radical (unpaired) electrons. The van der Waals surface area contributed by atoms with E-state index in [4.69, 9.17) is 0 Å². The van der Waals surface area contributed by atoms with Crippen LogP contribution in [-0.2, 0) is 24.6 Å². The molecule has 44 heavy (non-hydrogen) atoms. The van der Waals surface area contributed by atoms with Gasteiger partial charge in [0.15, 0.2) is 0 Å². The van der Waals surface area contributed by atoms with Gasteiger partial charge in [-0.2, -0.15) is 13.2 Å². The van der Waals surface area contributed by atoms with E-state index in [-0.39, 0.29) is 69.8 Å². The lowest BCUT2D eigenvalue weighted by atomic mass is 9.74. The maximum absolute atomic E-state index is 15.3.